The number of hydrogen-bond donors (Lipinski definition) is 1. The van der Waals surface area contributed by atoms with Crippen molar-refractivity contribution in [2.45, 2.75) is 39.4 Å². The maximum atomic E-state index is 3.85. The molecule has 0 amide bonds. The summed E-state index contributed by atoms with van der Waals surface area (Å²) in [6, 6.07) is 6.59. The van der Waals surface area contributed by atoms with Crippen LogP contribution in [0.1, 0.15) is 31.9 Å². The Morgan fingerprint density at radius 1 is 1.37 bits per heavy atom. The average molecular weight is 325 g/mol. The van der Waals surface area contributed by atoms with E-state index in [0.29, 0.717) is 0 Å². The Labute approximate surface area is 126 Å². The summed E-state index contributed by atoms with van der Waals surface area (Å²) in [4.78, 5) is 2.41. The molecule has 0 saturated carbocycles. The van der Waals surface area contributed by atoms with E-state index in [1.54, 1.807) is 0 Å². The number of nitrogens with one attached hydrogen (secondary N) is 1. The average Bonchev–Trinajstić information content (AvgIpc) is 2.30. The summed E-state index contributed by atoms with van der Waals surface area (Å²) in [7, 11) is 1.97. The Morgan fingerprint density at radius 3 is 2.53 bits per heavy atom. The predicted octanol–water partition coefficient (Wildman–Crippen LogP) is 3.96. The summed E-state index contributed by atoms with van der Waals surface area (Å²) in [6.45, 7) is 13.3. The van der Waals surface area contributed by atoms with Gasteiger partial charge in [-0.1, -0.05) is 34.1 Å². The van der Waals surface area contributed by atoms with Crippen LogP contribution in [0.3, 0.4) is 0 Å². The first kappa shape index (κ1) is 16.4. The van der Waals surface area contributed by atoms with Crippen LogP contribution in [-0.2, 0) is 13.1 Å². The molecule has 0 spiro atoms. The van der Waals surface area contributed by atoms with E-state index >= 15 is 0 Å². The molecule has 3 heteroatoms. The Kier molecular flexibility index (Phi) is 6.24. The van der Waals surface area contributed by atoms with Crippen molar-refractivity contribution in [2.24, 2.45) is 0 Å². The summed E-state index contributed by atoms with van der Waals surface area (Å²) in [5.41, 5.74) is 2.75. The minimum atomic E-state index is 0.136. The van der Waals surface area contributed by atoms with Gasteiger partial charge in [0.05, 0.1) is 0 Å². The van der Waals surface area contributed by atoms with E-state index in [0.717, 1.165) is 19.6 Å². The molecule has 0 aromatic heterocycles. The third kappa shape index (κ3) is 5.09. The Balaban J connectivity index is 2.88. The molecule has 0 fully saturated rings. The molecule has 0 aliphatic heterocycles. The highest BCUT2D eigenvalue weighted by molar-refractivity contribution is 9.10. The quantitative estimate of drug-likeness (QED) is 0.797. The third-order valence-electron chi connectivity index (χ3n) is 3.16. The van der Waals surface area contributed by atoms with Crippen molar-refractivity contribution >= 4 is 15.9 Å². The summed E-state index contributed by atoms with van der Waals surface area (Å²) in [5, 5.41) is 3.17. The molecule has 1 aromatic rings. The number of hydrogen-bond acceptors (Lipinski definition) is 2. The van der Waals surface area contributed by atoms with Gasteiger partial charge in [0, 0.05) is 29.6 Å². The second kappa shape index (κ2) is 7.22. The first-order chi connectivity index (χ1) is 8.88. The van der Waals surface area contributed by atoms with Gasteiger partial charge in [-0.25, -0.2) is 0 Å². The van der Waals surface area contributed by atoms with Crippen LogP contribution in [0.15, 0.2) is 35.3 Å². The van der Waals surface area contributed by atoms with E-state index in [1.165, 1.54) is 15.6 Å². The Morgan fingerprint density at radius 2 is 2.05 bits per heavy atom. The van der Waals surface area contributed by atoms with Crippen molar-refractivity contribution in [3.05, 3.63) is 46.5 Å². The molecule has 0 heterocycles. The van der Waals surface area contributed by atoms with Crippen LogP contribution in [0, 0.1) is 0 Å². The van der Waals surface area contributed by atoms with Crippen LogP contribution in [0.4, 0.5) is 0 Å². The predicted molar refractivity (Wildman–Crippen MR) is 87.3 cm³/mol. The lowest BCUT2D eigenvalue weighted by Gasteiger charge is -2.35. The third-order valence-corrected chi connectivity index (χ3v) is 3.90. The lowest BCUT2D eigenvalue weighted by atomic mass is 10.0. The van der Waals surface area contributed by atoms with Crippen molar-refractivity contribution in [2.75, 3.05) is 13.6 Å². The van der Waals surface area contributed by atoms with Crippen molar-refractivity contribution in [3.63, 3.8) is 0 Å². The molecule has 0 saturated heterocycles. The van der Waals surface area contributed by atoms with E-state index in [9.17, 15) is 0 Å². The molecule has 1 aromatic carbocycles. The fourth-order valence-corrected chi connectivity index (χ4v) is 2.52. The lowest BCUT2D eigenvalue weighted by Crippen LogP contribution is -2.40. The Bertz CT molecular complexity index is 421. The highest BCUT2D eigenvalue weighted by Crippen LogP contribution is 2.24. The fraction of sp³-hybridized carbons (Fsp3) is 0.500. The zero-order valence-electron chi connectivity index (χ0n) is 12.5. The molecule has 106 valence electrons. The van der Waals surface area contributed by atoms with Gasteiger partial charge in [-0.3, -0.25) is 4.90 Å². The normalized spacial score (nSPS) is 11.9. The first-order valence-electron chi connectivity index (χ1n) is 6.66. The van der Waals surface area contributed by atoms with Gasteiger partial charge in [0.1, 0.15) is 0 Å². The SMILES string of the molecule is C=CCN(Cc1ccc(CNC)cc1Br)C(C)(C)C. The fourth-order valence-electron chi connectivity index (χ4n) is 1.97. The smallest absolute Gasteiger partial charge is 0.0253 e. The number of nitrogens with zero attached hydrogens (tertiary/aromatic N) is 1. The molecule has 0 atom stereocenters. The maximum absolute atomic E-state index is 3.85. The second-order valence-electron chi connectivity index (χ2n) is 5.80. The molecule has 19 heavy (non-hydrogen) atoms. The van der Waals surface area contributed by atoms with Crippen molar-refractivity contribution in [1.29, 1.82) is 0 Å². The van der Waals surface area contributed by atoms with Crippen LogP contribution in [-0.4, -0.2) is 24.0 Å². The topological polar surface area (TPSA) is 15.3 Å². The van der Waals surface area contributed by atoms with E-state index in [-0.39, 0.29) is 5.54 Å². The molecule has 0 bridgehead atoms. The monoisotopic (exact) mass is 324 g/mol. The van der Waals surface area contributed by atoms with Crippen LogP contribution >= 0.6 is 15.9 Å². The van der Waals surface area contributed by atoms with Gasteiger partial charge >= 0.3 is 0 Å². The summed E-state index contributed by atoms with van der Waals surface area (Å²) < 4.78 is 1.18. The summed E-state index contributed by atoms with van der Waals surface area (Å²) >= 11 is 3.68. The summed E-state index contributed by atoms with van der Waals surface area (Å²) in [6.07, 6.45) is 1.97. The van der Waals surface area contributed by atoms with E-state index < -0.39 is 0 Å². The van der Waals surface area contributed by atoms with Gasteiger partial charge in [-0.15, -0.1) is 6.58 Å². The highest BCUT2D eigenvalue weighted by atomic mass is 79.9. The van der Waals surface area contributed by atoms with Crippen molar-refractivity contribution in [3.8, 4) is 0 Å². The van der Waals surface area contributed by atoms with E-state index in [2.05, 4.69) is 71.7 Å². The van der Waals surface area contributed by atoms with Gasteiger partial charge in [0.15, 0.2) is 0 Å². The van der Waals surface area contributed by atoms with Gasteiger partial charge in [-0.2, -0.15) is 0 Å². The van der Waals surface area contributed by atoms with E-state index in [4.69, 9.17) is 0 Å². The van der Waals surface area contributed by atoms with Gasteiger partial charge in [0.25, 0.3) is 0 Å². The number of halogens is 1. The molecule has 0 aliphatic rings. The zero-order valence-corrected chi connectivity index (χ0v) is 14.0. The zero-order chi connectivity index (χ0) is 14.5. The standard InChI is InChI=1S/C16H25BrN2/c1-6-9-19(16(2,3)4)12-14-8-7-13(11-18-5)10-15(14)17/h6-8,10,18H,1,9,11-12H2,2-5H3. The van der Waals surface area contributed by atoms with Gasteiger partial charge in [0.2, 0.25) is 0 Å². The largest absolute Gasteiger partial charge is 0.316 e. The molecule has 0 radical (unpaired) electrons. The number of rotatable bonds is 6. The van der Waals surface area contributed by atoms with Crippen LogP contribution in [0.25, 0.3) is 0 Å². The van der Waals surface area contributed by atoms with Crippen LogP contribution in [0.2, 0.25) is 0 Å². The molecular formula is C16H25BrN2. The van der Waals surface area contributed by atoms with Crippen LogP contribution < -0.4 is 5.32 Å². The molecule has 1 rings (SSSR count). The van der Waals surface area contributed by atoms with E-state index in [1.807, 2.05) is 13.1 Å². The molecule has 0 unspecified atom stereocenters. The van der Waals surface area contributed by atoms with Crippen LogP contribution in [0.5, 0.6) is 0 Å². The van der Waals surface area contributed by atoms with Gasteiger partial charge < -0.3 is 5.32 Å². The molecule has 1 N–H and O–H groups in total. The molecule has 2 nitrogen and oxygen atoms in total. The lowest BCUT2D eigenvalue weighted by molar-refractivity contribution is 0.145. The minimum Gasteiger partial charge on any atom is -0.316 e. The minimum absolute atomic E-state index is 0.136. The molecular weight excluding hydrogens is 300 g/mol. The second-order valence-corrected chi connectivity index (χ2v) is 6.65. The Hall–Kier alpha value is -0.640. The van der Waals surface area contributed by atoms with Gasteiger partial charge in [-0.05, 0) is 45.0 Å². The summed E-state index contributed by atoms with van der Waals surface area (Å²) in [5.74, 6) is 0. The first-order valence-corrected chi connectivity index (χ1v) is 7.45. The number of benzene rings is 1. The van der Waals surface area contributed by atoms with Crippen molar-refractivity contribution in [1.82, 2.24) is 10.2 Å². The maximum Gasteiger partial charge on any atom is 0.0253 e. The highest BCUT2D eigenvalue weighted by Gasteiger charge is 2.20. The van der Waals surface area contributed by atoms with Crippen molar-refractivity contribution < 1.29 is 0 Å². The molecule has 0 aliphatic carbocycles.